The zero-order chi connectivity index (χ0) is 21.8. The fourth-order valence-electron chi connectivity index (χ4n) is 3.27. The molecule has 0 aliphatic rings. The van der Waals surface area contributed by atoms with E-state index >= 15 is 0 Å². The SMILES string of the molecule is CC(C)Cc1noc(COC(=O)c2ccccc2Cc2nc3ccccc3c(=O)[nH]2)n1. The molecule has 0 spiro atoms. The fraction of sp³-hybridized carbons (Fsp3) is 0.261. The van der Waals surface area contributed by atoms with E-state index in [0.29, 0.717) is 46.0 Å². The van der Waals surface area contributed by atoms with Crippen molar-refractivity contribution >= 4 is 16.9 Å². The molecular formula is C23H22N4O4. The molecule has 4 aromatic rings. The van der Waals surface area contributed by atoms with Crippen LogP contribution < -0.4 is 5.56 Å². The number of esters is 1. The summed E-state index contributed by atoms with van der Waals surface area (Å²) in [4.78, 5) is 36.6. The topological polar surface area (TPSA) is 111 Å². The van der Waals surface area contributed by atoms with Gasteiger partial charge >= 0.3 is 5.97 Å². The van der Waals surface area contributed by atoms with Gasteiger partial charge in [-0.15, -0.1) is 0 Å². The quantitative estimate of drug-likeness (QED) is 0.458. The van der Waals surface area contributed by atoms with Crippen molar-refractivity contribution in [2.75, 3.05) is 0 Å². The fourth-order valence-corrected chi connectivity index (χ4v) is 3.27. The Morgan fingerprint density at radius 2 is 1.87 bits per heavy atom. The lowest BCUT2D eigenvalue weighted by Crippen LogP contribution is -2.14. The number of aromatic nitrogens is 4. The van der Waals surface area contributed by atoms with Crippen molar-refractivity contribution in [2.24, 2.45) is 5.92 Å². The van der Waals surface area contributed by atoms with Crippen LogP contribution >= 0.6 is 0 Å². The molecule has 0 radical (unpaired) electrons. The molecule has 0 bridgehead atoms. The van der Waals surface area contributed by atoms with E-state index in [2.05, 4.69) is 34.0 Å². The second-order valence-electron chi connectivity index (χ2n) is 7.64. The number of nitrogens with one attached hydrogen (secondary N) is 1. The minimum Gasteiger partial charge on any atom is -0.452 e. The lowest BCUT2D eigenvalue weighted by Gasteiger charge is -2.09. The molecule has 0 fully saturated rings. The molecule has 0 unspecified atom stereocenters. The Morgan fingerprint density at radius 1 is 1.10 bits per heavy atom. The zero-order valence-corrected chi connectivity index (χ0v) is 17.3. The van der Waals surface area contributed by atoms with E-state index in [-0.39, 0.29) is 24.5 Å². The van der Waals surface area contributed by atoms with Crippen molar-refractivity contribution in [1.82, 2.24) is 20.1 Å². The van der Waals surface area contributed by atoms with Crippen LogP contribution in [0.1, 0.15) is 47.3 Å². The largest absolute Gasteiger partial charge is 0.452 e. The molecule has 158 valence electrons. The molecule has 2 aromatic heterocycles. The van der Waals surface area contributed by atoms with Crippen molar-refractivity contribution in [3.8, 4) is 0 Å². The summed E-state index contributed by atoms with van der Waals surface area (Å²) < 4.78 is 10.5. The first-order chi connectivity index (χ1) is 15.0. The van der Waals surface area contributed by atoms with E-state index in [1.165, 1.54) is 0 Å². The number of carbonyl (C=O) groups excluding carboxylic acids is 1. The highest BCUT2D eigenvalue weighted by atomic mass is 16.6. The van der Waals surface area contributed by atoms with Crippen LogP contribution in [0, 0.1) is 5.92 Å². The summed E-state index contributed by atoms with van der Waals surface area (Å²) in [5, 5.41) is 4.42. The van der Waals surface area contributed by atoms with Crippen molar-refractivity contribution in [3.63, 3.8) is 0 Å². The Labute approximate surface area is 178 Å². The molecule has 0 saturated carbocycles. The van der Waals surface area contributed by atoms with E-state index < -0.39 is 5.97 Å². The van der Waals surface area contributed by atoms with Crippen LogP contribution in [0.5, 0.6) is 0 Å². The lowest BCUT2D eigenvalue weighted by molar-refractivity contribution is 0.0428. The highest BCUT2D eigenvalue weighted by molar-refractivity contribution is 5.91. The third-order valence-corrected chi connectivity index (χ3v) is 4.68. The first-order valence-electron chi connectivity index (χ1n) is 10.0. The third kappa shape index (κ3) is 4.85. The average Bonchev–Trinajstić information content (AvgIpc) is 3.19. The molecule has 0 aliphatic heterocycles. The van der Waals surface area contributed by atoms with Crippen LogP contribution in [0.15, 0.2) is 57.8 Å². The molecule has 2 aromatic carbocycles. The molecule has 1 N–H and O–H groups in total. The van der Waals surface area contributed by atoms with Gasteiger partial charge in [0.05, 0.1) is 16.5 Å². The predicted octanol–water partition coefficient (Wildman–Crippen LogP) is 3.45. The number of aromatic amines is 1. The van der Waals surface area contributed by atoms with Gasteiger partial charge in [-0.3, -0.25) is 4.79 Å². The smallest absolute Gasteiger partial charge is 0.338 e. The molecule has 0 amide bonds. The number of hydrogen-bond donors (Lipinski definition) is 1. The Morgan fingerprint density at radius 3 is 2.71 bits per heavy atom. The number of nitrogens with zero attached hydrogens (tertiary/aromatic N) is 3. The van der Waals surface area contributed by atoms with Gasteiger partial charge in [-0.1, -0.05) is 49.3 Å². The van der Waals surface area contributed by atoms with E-state index in [1.54, 1.807) is 36.4 Å². The maximum atomic E-state index is 12.7. The molecule has 8 heteroatoms. The van der Waals surface area contributed by atoms with Crippen LogP contribution in [0.4, 0.5) is 0 Å². The maximum Gasteiger partial charge on any atom is 0.338 e. The average molecular weight is 418 g/mol. The predicted molar refractivity (Wildman–Crippen MR) is 114 cm³/mol. The minimum absolute atomic E-state index is 0.108. The minimum atomic E-state index is -0.512. The van der Waals surface area contributed by atoms with Crippen LogP contribution in [0.3, 0.4) is 0 Å². The van der Waals surface area contributed by atoms with Crippen LogP contribution in [0.25, 0.3) is 10.9 Å². The second kappa shape index (κ2) is 8.91. The van der Waals surface area contributed by atoms with Gasteiger partial charge in [-0.05, 0) is 29.7 Å². The van der Waals surface area contributed by atoms with Crippen LogP contribution in [-0.2, 0) is 24.2 Å². The summed E-state index contributed by atoms with van der Waals surface area (Å²) in [5.41, 5.74) is 1.47. The highest BCUT2D eigenvalue weighted by Gasteiger charge is 2.16. The summed E-state index contributed by atoms with van der Waals surface area (Å²) in [6, 6.07) is 14.2. The van der Waals surface area contributed by atoms with Crippen molar-refractivity contribution in [1.29, 1.82) is 0 Å². The van der Waals surface area contributed by atoms with Crippen molar-refractivity contribution in [3.05, 3.63) is 87.6 Å². The van der Waals surface area contributed by atoms with E-state index in [0.717, 1.165) is 0 Å². The van der Waals surface area contributed by atoms with E-state index in [1.807, 2.05) is 12.1 Å². The first-order valence-corrected chi connectivity index (χ1v) is 10.0. The third-order valence-electron chi connectivity index (χ3n) is 4.68. The molecule has 0 atom stereocenters. The molecule has 0 aliphatic carbocycles. The monoisotopic (exact) mass is 418 g/mol. The van der Waals surface area contributed by atoms with Crippen LogP contribution in [0.2, 0.25) is 0 Å². The summed E-state index contributed by atoms with van der Waals surface area (Å²) in [6.45, 7) is 4.01. The number of para-hydroxylation sites is 1. The molecule has 31 heavy (non-hydrogen) atoms. The van der Waals surface area contributed by atoms with Crippen LogP contribution in [-0.4, -0.2) is 26.1 Å². The summed E-state index contributed by atoms with van der Waals surface area (Å²) in [6.07, 6.45) is 0.974. The molecule has 4 rings (SSSR count). The summed E-state index contributed by atoms with van der Waals surface area (Å²) in [7, 11) is 0. The van der Waals surface area contributed by atoms with Gasteiger partial charge in [-0.2, -0.15) is 4.98 Å². The normalized spacial score (nSPS) is 11.2. The summed E-state index contributed by atoms with van der Waals surface area (Å²) in [5.74, 6) is 1.20. The number of H-pyrrole nitrogens is 1. The Kier molecular flexibility index (Phi) is 5.88. The Hall–Kier alpha value is -3.81. The summed E-state index contributed by atoms with van der Waals surface area (Å²) >= 11 is 0. The molecule has 2 heterocycles. The second-order valence-corrected chi connectivity index (χ2v) is 7.64. The number of carbonyl (C=O) groups is 1. The van der Waals surface area contributed by atoms with Crippen molar-refractivity contribution in [2.45, 2.75) is 33.3 Å². The van der Waals surface area contributed by atoms with E-state index in [9.17, 15) is 9.59 Å². The lowest BCUT2D eigenvalue weighted by atomic mass is 10.0. The molecule has 8 nitrogen and oxygen atoms in total. The van der Waals surface area contributed by atoms with E-state index in [4.69, 9.17) is 9.26 Å². The molecule has 0 saturated heterocycles. The number of hydrogen-bond acceptors (Lipinski definition) is 7. The number of fused-ring (bicyclic) bond motifs is 1. The van der Waals surface area contributed by atoms with Crippen molar-refractivity contribution < 1.29 is 14.1 Å². The Bertz CT molecular complexity index is 1280. The van der Waals surface area contributed by atoms with Gasteiger partial charge in [-0.25, -0.2) is 9.78 Å². The first kappa shape index (κ1) is 20.5. The van der Waals surface area contributed by atoms with Gasteiger partial charge in [0.2, 0.25) is 0 Å². The Balaban J connectivity index is 1.50. The van der Waals surface area contributed by atoms with Gasteiger partial charge in [0, 0.05) is 12.8 Å². The standard InChI is InChI=1S/C23H22N4O4/c1-14(2)11-20-25-21(31-27-20)13-30-23(29)16-8-4-3-7-15(16)12-19-24-18-10-6-5-9-17(18)22(28)26-19/h3-10,14H,11-13H2,1-2H3,(H,24,26,28). The number of benzene rings is 2. The van der Waals surface area contributed by atoms with Gasteiger partial charge in [0.1, 0.15) is 5.82 Å². The molecular weight excluding hydrogens is 396 g/mol. The van der Waals surface area contributed by atoms with Gasteiger partial charge in [0.15, 0.2) is 12.4 Å². The maximum absolute atomic E-state index is 12.7. The zero-order valence-electron chi connectivity index (χ0n) is 17.3. The number of rotatable bonds is 7. The number of ether oxygens (including phenoxy) is 1. The van der Waals surface area contributed by atoms with Gasteiger partial charge < -0.3 is 14.2 Å². The van der Waals surface area contributed by atoms with Gasteiger partial charge in [0.25, 0.3) is 11.4 Å². The highest BCUT2D eigenvalue weighted by Crippen LogP contribution is 2.16.